The molecule has 0 amide bonds. The van der Waals surface area contributed by atoms with Crippen LogP contribution in [0.3, 0.4) is 0 Å². The zero-order valence-corrected chi connectivity index (χ0v) is 9.47. The predicted molar refractivity (Wildman–Crippen MR) is 66.8 cm³/mol. The van der Waals surface area contributed by atoms with E-state index in [2.05, 4.69) is 0 Å². The molecule has 0 spiro atoms. The van der Waals surface area contributed by atoms with E-state index in [-0.39, 0.29) is 0 Å². The van der Waals surface area contributed by atoms with Gasteiger partial charge in [-0.3, -0.25) is 0 Å². The Morgan fingerprint density at radius 1 is 1.18 bits per heavy atom. The van der Waals surface area contributed by atoms with E-state index in [1.165, 1.54) is 0 Å². The molecule has 0 heterocycles. The van der Waals surface area contributed by atoms with Crippen LogP contribution in [0.4, 0.5) is 5.69 Å². The number of nitrogen functional groups attached to an aromatic ring is 1. The minimum atomic E-state index is 0.427. The standard InChI is InChI=1S/C14H12N2O/c1-10-4-2-3-5-14(10)17-12-6-7-13(16)11(8-12)9-15/h2-8H,16H2,1H3. The van der Waals surface area contributed by atoms with Crippen LogP contribution in [0, 0.1) is 18.3 Å². The van der Waals surface area contributed by atoms with Crippen LogP contribution in [-0.2, 0) is 0 Å². The van der Waals surface area contributed by atoms with Crippen molar-refractivity contribution in [2.45, 2.75) is 6.92 Å². The molecule has 3 nitrogen and oxygen atoms in total. The molecule has 2 rings (SSSR count). The number of aryl methyl sites for hydroxylation is 1. The van der Waals surface area contributed by atoms with Gasteiger partial charge < -0.3 is 10.5 Å². The van der Waals surface area contributed by atoms with Crippen molar-refractivity contribution in [3.05, 3.63) is 53.6 Å². The van der Waals surface area contributed by atoms with Crippen molar-refractivity contribution in [2.24, 2.45) is 0 Å². The summed E-state index contributed by atoms with van der Waals surface area (Å²) < 4.78 is 5.70. The molecule has 2 aromatic carbocycles. The number of nitriles is 1. The zero-order valence-electron chi connectivity index (χ0n) is 9.47. The number of nitrogens with zero attached hydrogens (tertiary/aromatic N) is 1. The first-order valence-corrected chi connectivity index (χ1v) is 5.24. The normalized spacial score (nSPS) is 9.65. The molecule has 0 aliphatic carbocycles. The first kappa shape index (κ1) is 11.0. The molecule has 2 aromatic rings. The lowest BCUT2D eigenvalue weighted by molar-refractivity contribution is 0.479. The van der Waals surface area contributed by atoms with Crippen LogP contribution in [-0.4, -0.2) is 0 Å². The van der Waals surface area contributed by atoms with Gasteiger partial charge in [0.1, 0.15) is 17.6 Å². The molecule has 2 N–H and O–H groups in total. The van der Waals surface area contributed by atoms with Crippen molar-refractivity contribution in [1.82, 2.24) is 0 Å². The topological polar surface area (TPSA) is 59.0 Å². The number of nitrogens with two attached hydrogens (primary N) is 1. The molecule has 0 radical (unpaired) electrons. The summed E-state index contributed by atoms with van der Waals surface area (Å²) in [5, 5.41) is 8.88. The van der Waals surface area contributed by atoms with Crippen molar-refractivity contribution >= 4 is 5.69 Å². The van der Waals surface area contributed by atoms with Gasteiger partial charge in [0.15, 0.2) is 0 Å². The van der Waals surface area contributed by atoms with Crippen LogP contribution in [0.2, 0.25) is 0 Å². The second kappa shape index (κ2) is 4.58. The lowest BCUT2D eigenvalue weighted by Gasteiger charge is -2.09. The van der Waals surface area contributed by atoms with Crippen LogP contribution in [0.15, 0.2) is 42.5 Å². The van der Waals surface area contributed by atoms with Gasteiger partial charge in [-0.05, 0) is 30.7 Å². The number of rotatable bonds is 2. The molecule has 84 valence electrons. The van der Waals surface area contributed by atoms with Crippen LogP contribution in [0.5, 0.6) is 11.5 Å². The molecule has 3 heteroatoms. The van der Waals surface area contributed by atoms with E-state index in [9.17, 15) is 0 Å². The van der Waals surface area contributed by atoms with Gasteiger partial charge in [-0.25, -0.2) is 0 Å². The molecular weight excluding hydrogens is 212 g/mol. The zero-order chi connectivity index (χ0) is 12.3. The lowest BCUT2D eigenvalue weighted by Crippen LogP contribution is -1.92. The minimum Gasteiger partial charge on any atom is -0.457 e. The van der Waals surface area contributed by atoms with E-state index >= 15 is 0 Å². The smallest absolute Gasteiger partial charge is 0.130 e. The highest BCUT2D eigenvalue weighted by Crippen LogP contribution is 2.26. The van der Waals surface area contributed by atoms with E-state index in [0.717, 1.165) is 11.3 Å². The van der Waals surface area contributed by atoms with Crippen LogP contribution >= 0.6 is 0 Å². The minimum absolute atomic E-state index is 0.427. The highest BCUT2D eigenvalue weighted by molar-refractivity contribution is 5.57. The van der Waals surface area contributed by atoms with E-state index < -0.39 is 0 Å². The average Bonchev–Trinajstić information content (AvgIpc) is 2.34. The largest absolute Gasteiger partial charge is 0.457 e. The molecule has 0 atom stereocenters. The van der Waals surface area contributed by atoms with Crippen LogP contribution < -0.4 is 10.5 Å². The summed E-state index contributed by atoms with van der Waals surface area (Å²) >= 11 is 0. The maximum absolute atomic E-state index is 8.88. The third-order valence-corrected chi connectivity index (χ3v) is 2.47. The molecule has 0 bridgehead atoms. The summed E-state index contributed by atoms with van der Waals surface area (Å²) in [7, 11) is 0. The first-order chi connectivity index (χ1) is 8.20. The summed E-state index contributed by atoms with van der Waals surface area (Å²) in [4.78, 5) is 0. The molecule has 0 aliphatic heterocycles. The number of para-hydroxylation sites is 1. The second-order valence-corrected chi connectivity index (χ2v) is 3.73. The van der Waals surface area contributed by atoms with Crippen molar-refractivity contribution in [2.75, 3.05) is 5.73 Å². The third kappa shape index (κ3) is 2.37. The Labute approximate surface area is 100 Å². The number of anilines is 1. The molecule has 0 fully saturated rings. The summed E-state index contributed by atoms with van der Waals surface area (Å²) in [5.41, 5.74) is 7.58. The number of hydrogen-bond donors (Lipinski definition) is 1. The van der Waals surface area contributed by atoms with Crippen molar-refractivity contribution in [3.8, 4) is 17.6 Å². The van der Waals surface area contributed by atoms with Gasteiger partial charge in [-0.15, -0.1) is 0 Å². The van der Waals surface area contributed by atoms with Gasteiger partial charge in [0.05, 0.1) is 5.56 Å². The monoisotopic (exact) mass is 224 g/mol. The summed E-state index contributed by atoms with van der Waals surface area (Å²) in [6.45, 7) is 1.97. The van der Waals surface area contributed by atoms with Crippen molar-refractivity contribution in [3.63, 3.8) is 0 Å². The fraction of sp³-hybridized carbons (Fsp3) is 0.0714. The van der Waals surface area contributed by atoms with E-state index in [1.807, 2.05) is 37.3 Å². The van der Waals surface area contributed by atoms with E-state index in [1.54, 1.807) is 18.2 Å². The Morgan fingerprint density at radius 2 is 1.94 bits per heavy atom. The second-order valence-electron chi connectivity index (χ2n) is 3.73. The van der Waals surface area contributed by atoms with Gasteiger partial charge in [0.2, 0.25) is 0 Å². The Bertz CT molecular complexity index is 585. The lowest BCUT2D eigenvalue weighted by atomic mass is 10.2. The van der Waals surface area contributed by atoms with Gasteiger partial charge >= 0.3 is 0 Å². The number of benzene rings is 2. The van der Waals surface area contributed by atoms with Gasteiger partial charge in [-0.1, -0.05) is 18.2 Å². The van der Waals surface area contributed by atoms with Crippen LogP contribution in [0.25, 0.3) is 0 Å². The van der Waals surface area contributed by atoms with Crippen molar-refractivity contribution in [1.29, 1.82) is 5.26 Å². The van der Waals surface area contributed by atoms with Crippen LogP contribution in [0.1, 0.15) is 11.1 Å². The Kier molecular flexibility index (Phi) is 2.97. The van der Waals surface area contributed by atoms with E-state index in [0.29, 0.717) is 17.0 Å². The molecule has 0 aliphatic rings. The number of ether oxygens (including phenoxy) is 1. The fourth-order valence-corrected chi connectivity index (χ4v) is 1.49. The highest BCUT2D eigenvalue weighted by Gasteiger charge is 2.03. The van der Waals surface area contributed by atoms with Gasteiger partial charge in [0.25, 0.3) is 0 Å². The Morgan fingerprint density at radius 3 is 2.65 bits per heavy atom. The van der Waals surface area contributed by atoms with E-state index in [4.69, 9.17) is 15.7 Å². The summed E-state index contributed by atoms with van der Waals surface area (Å²) in [6.07, 6.45) is 0. The number of hydrogen-bond acceptors (Lipinski definition) is 3. The van der Waals surface area contributed by atoms with Crippen molar-refractivity contribution < 1.29 is 4.74 Å². The molecule has 0 unspecified atom stereocenters. The van der Waals surface area contributed by atoms with Gasteiger partial charge in [-0.2, -0.15) is 5.26 Å². The Balaban J connectivity index is 2.32. The molecule has 0 saturated carbocycles. The summed E-state index contributed by atoms with van der Waals surface area (Å²) in [5.74, 6) is 1.39. The Hall–Kier alpha value is -2.47. The molecular formula is C14H12N2O. The molecule has 0 aromatic heterocycles. The third-order valence-electron chi connectivity index (χ3n) is 2.47. The highest BCUT2D eigenvalue weighted by atomic mass is 16.5. The molecule has 17 heavy (non-hydrogen) atoms. The predicted octanol–water partition coefficient (Wildman–Crippen LogP) is 3.24. The quantitative estimate of drug-likeness (QED) is 0.796. The maximum Gasteiger partial charge on any atom is 0.130 e. The SMILES string of the molecule is Cc1ccccc1Oc1ccc(N)c(C#N)c1. The van der Waals surface area contributed by atoms with Gasteiger partial charge in [0, 0.05) is 11.8 Å². The first-order valence-electron chi connectivity index (χ1n) is 5.24. The fourth-order valence-electron chi connectivity index (χ4n) is 1.49. The maximum atomic E-state index is 8.88. The summed E-state index contributed by atoms with van der Waals surface area (Å²) in [6, 6.07) is 14.8. The average molecular weight is 224 g/mol. The molecule has 0 saturated heterocycles.